The molecule has 4 nitrogen and oxygen atoms in total. The largest absolute Gasteiger partial charge is 0.318 e. The Balaban J connectivity index is 1.81. The molecule has 2 aliphatic rings. The van der Waals surface area contributed by atoms with Gasteiger partial charge in [-0.2, -0.15) is 0 Å². The first-order valence-electron chi connectivity index (χ1n) is 7.62. The van der Waals surface area contributed by atoms with Crippen molar-refractivity contribution in [2.45, 2.75) is 45.1 Å². The normalized spacial score (nSPS) is 22.9. The van der Waals surface area contributed by atoms with E-state index in [0.29, 0.717) is 12.6 Å². The van der Waals surface area contributed by atoms with Gasteiger partial charge in [0.2, 0.25) is 5.91 Å². The number of allylic oxidation sites excluding steroid dienone is 2. The molecule has 1 amide bonds. The van der Waals surface area contributed by atoms with Crippen LogP contribution < -0.4 is 5.32 Å². The number of likely N-dealkylation sites (N-methyl/N-ethyl adjacent to an activating group) is 2. The summed E-state index contributed by atoms with van der Waals surface area (Å²) in [5.74, 6) is 0.230. The number of hydrogen-bond donors (Lipinski definition) is 1. The highest BCUT2D eigenvalue weighted by atomic mass is 16.2. The van der Waals surface area contributed by atoms with Gasteiger partial charge >= 0.3 is 0 Å². The van der Waals surface area contributed by atoms with Gasteiger partial charge in [0.15, 0.2) is 0 Å². The first-order valence-corrected chi connectivity index (χ1v) is 7.62. The van der Waals surface area contributed by atoms with E-state index in [1.54, 1.807) is 0 Å². The smallest absolute Gasteiger partial charge is 0.240 e. The van der Waals surface area contributed by atoms with E-state index in [1.165, 1.54) is 25.0 Å². The molecule has 1 unspecified atom stereocenters. The maximum atomic E-state index is 12.3. The van der Waals surface area contributed by atoms with Crippen molar-refractivity contribution >= 4 is 5.91 Å². The van der Waals surface area contributed by atoms with Crippen LogP contribution in [0.5, 0.6) is 0 Å². The standard InChI is InChI=1S/C15H27N3O/c1-3-18(11-13-7-6-10-16-13)12-15(19)17(2)14-8-4-5-9-14/h8,13,16H,3-7,9-12H2,1-2H3. The first kappa shape index (κ1) is 14.5. The van der Waals surface area contributed by atoms with Gasteiger partial charge in [-0.25, -0.2) is 0 Å². The topological polar surface area (TPSA) is 35.6 Å². The molecule has 1 N–H and O–H groups in total. The highest BCUT2D eigenvalue weighted by Crippen LogP contribution is 2.20. The molecule has 0 aromatic carbocycles. The monoisotopic (exact) mass is 265 g/mol. The third-order valence-corrected chi connectivity index (χ3v) is 4.27. The van der Waals surface area contributed by atoms with Crippen LogP contribution in [0.15, 0.2) is 11.8 Å². The van der Waals surface area contributed by atoms with Gasteiger partial charge in [0.1, 0.15) is 0 Å². The predicted octanol–water partition coefficient (Wildman–Crippen LogP) is 1.59. The fourth-order valence-corrected chi connectivity index (χ4v) is 2.95. The van der Waals surface area contributed by atoms with E-state index in [4.69, 9.17) is 0 Å². The van der Waals surface area contributed by atoms with Gasteiger partial charge in [-0.15, -0.1) is 0 Å². The zero-order valence-corrected chi connectivity index (χ0v) is 12.3. The Morgan fingerprint density at radius 1 is 1.47 bits per heavy atom. The van der Waals surface area contributed by atoms with Gasteiger partial charge in [0.05, 0.1) is 6.54 Å². The number of nitrogens with one attached hydrogen (secondary N) is 1. The number of nitrogens with zero attached hydrogens (tertiary/aromatic N) is 2. The molecule has 0 spiro atoms. The van der Waals surface area contributed by atoms with E-state index < -0.39 is 0 Å². The third kappa shape index (κ3) is 4.05. The molecule has 1 heterocycles. The Bertz CT molecular complexity index is 334. The van der Waals surface area contributed by atoms with Crippen LogP contribution in [0, 0.1) is 0 Å². The van der Waals surface area contributed by atoms with Crippen molar-refractivity contribution in [3.63, 3.8) is 0 Å². The summed E-state index contributed by atoms with van der Waals surface area (Å²) >= 11 is 0. The van der Waals surface area contributed by atoms with Crippen LogP contribution in [0.2, 0.25) is 0 Å². The lowest BCUT2D eigenvalue weighted by Gasteiger charge is -2.26. The molecule has 0 saturated carbocycles. The minimum absolute atomic E-state index is 0.230. The van der Waals surface area contributed by atoms with Gasteiger partial charge in [-0.1, -0.05) is 13.0 Å². The highest BCUT2D eigenvalue weighted by Gasteiger charge is 2.21. The van der Waals surface area contributed by atoms with E-state index in [1.807, 2.05) is 11.9 Å². The molecule has 1 aliphatic heterocycles. The summed E-state index contributed by atoms with van der Waals surface area (Å²) in [6, 6.07) is 0.573. The van der Waals surface area contributed by atoms with Crippen molar-refractivity contribution in [2.75, 3.05) is 33.2 Å². The average Bonchev–Trinajstić information content (AvgIpc) is 3.09. The second-order valence-corrected chi connectivity index (χ2v) is 5.66. The zero-order valence-electron chi connectivity index (χ0n) is 12.3. The number of hydrogen-bond acceptors (Lipinski definition) is 3. The first-order chi connectivity index (χ1) is 9.20. The molecule has 4 heteroatoms. The Kier molecular flexibility index (Phi) is 5.40. The van der Waals surface area contributed by atoms with E-state index >= 15 is 0 Å². The molecule has 2 rings (SSSR count). The highest BCUT2D eigenvalue weighted by molar-refractivity contribution is 5.79. The van der Waals surface area contributed by atoms with Gasteiger partial charge in [-0.3, -0.25) is 9.69 Å². The lowest BCUT2D eigenvalue weighted by Crippen LogP contribution is -2.43. The van der Waals surface area contributed by atoms with Crippen LogP contribution in [0.25, 0.3) is 0 Å². The minimum atomic E-state index is 0.230. The number of amides is 1. The van der Waals surface area contributed by atoms with Gasteiger partial charge in [0, 0.05) is 25.3 Å². The molecule has 19 heavy (non-hydrogen) atoms. The summed E-state index contributed by atoms with van der Waals surface area (Å²) in [5.41, 5.74) is 1.21. The zero-order chi connectivity index (χ0) is 13.7. The Morgan fingerprint density at radius 2 is 2.32 bits per heavy atom. The molecule has 1 aliphatic carbocycles. The summed E-state index contributed by atoms with van der Waals surface area (Å²) in [6.45, 7) is 5.74. The van der Waals surface area contributed by atoms with E-state index in [0.717, 1.165) is 32.5 Å². The van der Waals surface area contributed by atoms with Crippen molar-refractivity contribution in [1.82, 2.24) is 15.1 Å². The molecule has 0 bridgehead atoms. The number of carbonyl (C=O) groups excluding carboxylic acids is 1. The van der Waals surface area contributed by atoms with Crippen LogP contribution in [-0.2, 0) is 4.79 Å². The summed E-state index contributed by atoms with van der Waals surface area (Å²) < 4.78 is 0. The van der Waals surface area contributed by atoms with Crippen LogP contribution in [0.4, 0.5) is 0 Å². The molecule has 1 fully saturated rings. The van der Waals surface area contributed by atoms with E-state index in [9.17, 15) is 4.79 Å². The van der Waals surface area contributed by atoms with Gasteiger partial charge < -0.3 is 10.2 Å². The molecule has 0 radical (unpaired) electrons. The summed E-state index contributed by atoms with van der Waals surface area (Å²) in [5, 5.41) is 3.50. The van der Waals surface area contributed by atoms with Crippen LogP contribution in [0.1, 0.15) is 39.0 Å². The second-order valence-electron chi connectivity index (χ2n) is 5.66. The van der Waals surface area contributed by atoms with Gasteiger partial charge in [-0.05, 0) is 45.2 Å². The predicted molar refractivity (Wildman–Crippen MR) is 77.8 cm³/mol. The second kappa shape index (κ2) is 7.06. The van der Waals surface area contributed by atoms with Gasteiger partial charge in [0.25, 0.3) is 0 Å². The van der Waals surface area contributed by atoms with Crippen molar-refractivity contribution < 1.29 is 4.79 Å². The van der Waals surface area contributed by atoms with Crippen LogP contribution in [0.3, 0.4) is 0 Å². The van der Waals surface area contributed by atoms with Crippen LogP contribution >= 0.6 is 0 Å². The fourth-order valence-electron chi connectivity index (χ4n) is 2.95. The maximum Gasteiger partial charge on any atom is 0.240 e. The summed E-state index contributed by atoms with van der Waals surface area (Å²) in [7, 11) is 1.92. The van der Waals surface area contributed by atoms with E-state index in [-0.39, 0.29) is 5.91 Å². The number of carbonyl (C=O) groups is 1. The lowest BCUT2D eigenvalue weighted by atomic mass is 10.2. The molecular weight excluding hydrogens is 238 g/mol. The molecule has 0 aromatic rings. The van der Waals surface area contributed by atoms with Crippen molar-refractivity contribution in [1.29, 1.82) is 0 Å². The molecule has 1 atom stereocenters. The summed E-state index contributed by atoms with van der Waals surface area (Å²) in [6.07, 6.45) is 8.08. The van der Waals surface area contributed by atoms with Crippen LogP contribution in [-0.4, -0.2) is 55.0 Å². The van der Waals surface area contributed by atoms with Crippen molar-refractivity contribution in [3.05, 3.63) is 11.8 Å². The minimum Gasteiger partial charge on any atom is -0.318 e. The molecule has 108 valence electrons. The lowest BCUT2D eigenvalue weighted by molar-refractivity contribution is -0.129. The SMILES string of the molecule is CCN(CC(=O)N(C)C1=CCCC1)CC1CCCN1. The third-order valence-electron chi connectivity index (χ3n) is 4.27. The van der Waals surface area contributed by atoms with Crippen molar-refractivity contribution in [2.24, 2.45) is 0 Å². The Morgan fingerprint density at radius 3 is 2.89 bits per heavy atom. The molecule has 0 aromatic heterocycles. The quantitative estimate of drug-likeness (QED) is 0.792. The summed E-state index contributed by atoms with van der Waals surface area (Å²) in [4.78, 5) is 16.4. The average molecular weight is 265 g/mol. The van der Waals surface area contributed by atoms with E-state index in [2.05, 4.69) is 23.2 Å². The van der Waals surface area contributed by atoms with Crippen molar-refractivity contribution in [3.8, 4) is 0 Å². The molecular formula is C15H27N3O. The number of rotatable bonds is 6. The Hall–Kier alpha value is -0.870. The Labute approximate surface area is 116 Å². The maximum absolute atomic E-state index is 12.3. The fraction of sp³-hybridized carbons (Fsp3) is 0.800. The molecule has 1 saturated heterocycles.